The molecular formula is C6H7F3N4O2. The van der Waals surface area contributed by atoms with E-state index in [1.165, 1.54) is 0 Å². The fourth-order valence-electron chi connectivity index (χ4n) is 0.725. The fraction of sp³-hybridized carbons (Fsp3) is 0.500. The molecule has 1 aromatic heterocycles. The summed E-state index contributed by atoms with van der Waals surface area (Å²) in [6.45, 7) is -2.07. The normalized spacial score (nSPS) is 11.4. The summed E-state index contributed by atoms with van der Waals surface area (Å²) >= 11 is 0. The quantitative estimate of drug-likeness (QED) is 0.728. The van der Waals surface area contributed by atoms with E-state index in [-0.39, 0.29) is 5.95 Å². The number of carbonyl (C=O) groups is 1. The van der Waals surface area contributed by atoms with Crippen LogP contribution in [0.5, 0.6) is 0 Å². The van der Waals surface area contributed by atoms with Crippen LogP contribution >= 0.6 is 0 Å². The van der Waals surface area contributed by atoms with Gasteiger partial charge < -0.3 is 10.5 Å². The lowest BCUT2D eigenvalue weighted by Crippen LogP contribution is -2.23. The molecule has 9 heteroatoms. The van der Waals surface area contributed by atoms with E-state index in [0.717, 1.165) is 11.0 Å². The number of alkyl halides is 3. The van der Waals surface area contributed by atoms with Crippen LogP contribution in [0.2, 0.25) is 0 Å². The molecule has 0 aliphatic heterocycles. The van der Waals surface area contributed by atoms with Crippen LogP contribution in [0.25, 0.3) is 0 Å². The monoisotopic (exact) mass is 224 g/mol. The zero-order valence-corrected chi connectivity index (χ0v) is 7.36. The molecule has 0 aromatic carbocycles. The number of nitrogens with zero attached hydrogens (tertiary/aromatic N) is 3. The number of rotatable bonds is 3. The molecule has 0 aliphatic carbocycles. The second-order valence-corrected chi connectivity index (χ2v) is 2.58. The number of carbonyl (C=O) groups excluding carboxylic acids is 1. The van der Waals surface area contributed by atoms with Crippen molar-refractivity contribution in [3.8, 4) is 0 Å². The molecule has 84 valence electrons. The largest absolute Gasteiger partial charge is 0.455 e. The molecule has 0 unspecified atom stereocenters. The fourth-order valence-corrected chi connectivity index (χ4v) is 0.725. The van der Waals surface area contributed by atoms with Gasteiger partial charge in [-0.3, -0.25) is 4.79 Å². The topological polar surface area (TPSA) is 83.0 Å². The first-order valence-corrected chi connectivity index (χ1v) is 3.74. The van der Waals surface area contributed by atoms with E-state index in [2.05, 4.69) is 14.8 Å². The lowest BCUT2D eigenvalue weighted by molar-refractivity contribution is -0.186. The van der Waals surface area contributed by atoms with E-state index in [1.54, 1.807) is 0 Å². The number of ether oxygens (including phenoxy) is 1. The summed E-state index contributed by atoms with van der Waals surface area (Å²) < 4.78 is 39.8. The highest BCUT2D eigenvalue weighted by Gasteiger charge is 2.29. The van der Waals surface area contributed by atoms with Crippen LogP contribution in [0, 0.1) is 0 Å². The Morgan fingerprint density at radius 1 is 1.60 bits per heavy atom. The van der Waals surface area contributed by atoms with Gasteiger partial charge in [0.25, 0.3) is 0 Å². The summed E-state index contributed by atoms with van der Waals surface area (Å²) in [5.74, 6) is -1.13. The molecule has 0 atom stereocenters. The highest BCUT2D eigenvalue weighted by atomic mass is 19.4. The maximum absolute atomic E-state index is 11.6. The van der Waals surface area contributed by atoms with Crippen molar-refractivity contribution in [3.63, 3.8) is 0 Å². The Balaban J connectivity index is 2.37. The van der Waals surface area contributed by atoms with Gasteiger partial charge in [-0.2, -0.15) is 13.2 Å². The van der Waals surface area contributed by atoms with Crippen molar-refractivity contribution in [2.75, 3.05) is 12.3 Å². The number of hydrogen-bond donors (Lipinski definition) is 1. The Labute approximate surface area is 81.8 Å². The molecule has 1 rings (SSSR count). The highest BCUT2D eigenvalue weighted by molar-refractivity contribution is 5.69. The lowest BCUT2D eigenvalue weighted by atomic mass is 10.6. The van der Waals surface area contributed by atoms with Crippen molar-refractivity contribution < 1.29 is 22.7 Å². The first-order valence-electron chi connectivity index (χ1n) is 3.74. The number of nitrogens with two attached hydrogens (primary N) is 1. The summed E-state index contributed by atoms with van der Waals surface area (Å²) in [5.41, 5.74) is 5.12. The maximum Gasteiger partial charge on any atom is 0.422 e. The van der Waals surface area contributed by atoms with E-state index in [1.807, 2.05) is 0 Å². The summed E-state index contributed by atoms with van der Waals surface area (Å²) in [7, 11) is 0. The van der Waals surface area contributed by atoms with E-state index in [9.17, 15) is 18.0 Å². The maximum atomic E-state index is 11.6. The van der Waals surface area contributed by atoms with Crippen LogP contribution in [-0.4, -0.2) is 33.5 Å². The number of esters is 1. The number of nitrogen functional groups attached to an aromatic ring is 1. The van der Waals surface area contributed by atoms with Gasteiger partial charge in [0, 0.05) is 0 Å². The first kappa shape index (κ1) is 11.3. The van der Waals surface area contributed by atoms with Crippen molar-refractivity contribution in [1.29, 1.82) is 0 Å². The molecule has 0 fully saturated rings. The van der Waals surface area contributed by atoms with Crippen molar-refractivity contribution in [1.82, 2.24) is 14.8 Å². The smallest absolute Gasteiger partial charge is 0.422 e. The standard InChI is InChI=1S/C6H7F3N4O2/c7-6(8,9)2-15-4(14)1-13-3-11-5(10)12-13/h3H,1-2H2,(H2,10,12). The second kappa shape index (κ2) is 4.15. The molecule has 1 aromatic rings. The van der Waals surface area contributed by atoms with Crippen LogP contribution in [0.15, 0.2) is 6.33 Å². The minimum Gasteiger partial charge on any atom is -0.455 e. The third-order valence-corrected chi connectivity index (χ3v) is 1.24. The van der Waals surface area contributed by atoms with Crippen LogP contribution in [0.1, 0.15) is 0 Å². The molecule has 0 radical (unpaired) electrons. The lowest BCUT2D eigenvalue weighted by Gasteiger charge is -2.07. The van der Waals surface area contributed by atoms with E-state index in [0.29, 0.717) is 0 Å². The van der Waals surface area contributed by atoms with E-state index in [4.69, 9.17) is 5.73 Å². The van der Waals surface area contributed by atoms with Gasteiger partial charge in [0.2, 0.25) is 5.95 Å². The third kappa shape index (κ3) is 4.29. The predicted octanol–water partition coefficient (Wildman–Crippen LogP) is -0.0342. The number of anilines is 1. The molecule has 2 N–H and O–H groups in total. The van der Waals surface area contributed by atoms with Crippen molar-refractivity contribution >= 4 is 11.9 Å². The van der Waals surface area contributed by atoms with Gasteiger partial charge in [-0.1, -0.05) is 0 Å². The SMILES string of the molecule is Nc1ncn(CC(=O)OCC(F)(F)F)n1. The Morgan fingerprint density at radius 3 is 2.73 bits per heavy atom. The van der Waals surface area contributed by atoms with Gasteiger partial charge in [0.15, 0.2) is 6.61 Å². The van der Waals surface area contributed by atoms with Crippen molar-refractivity contribution in [3.05, 3.63) is 6.33 Å². The van der Waals surface area contributed by atoms with Crippen molar-refractivity contribution in [2.24, 2.45) is 0 Å². The average Bonchev–Trinajstić information content (AvgIpc) is 2.47. The van der Waals surface area contributed by atoms with Crippen LogP contribution in [0.3, 0.4) is 0 Å². The van der Waals surface area contributed by atoms with Gasteiger partial charge in [0.05, 0.1) is 0 Å². The Bertz CT molecular complexity index is 348. The number of hydrogen-bond acceptors (Lipinski definition) is 5. The Kier molecular flexibility index (Phi) is 3.12. The summed E-state index contributed by atoms with van der Waals surface area (Å²) in [5, 5.41) is 3.50. The van der Waals surface area contributed by atoms with Gasteiger partial charge >= 0.3 is 12.1 Å². The molecule has 0 saturated heterocycles. The van der Waals surface area contributed by atoms with Crippen LogP contribution in [-0.2, 0) is 16.1 Å². The minimum atomic E-state index is -4.53. The summed E-state index contributed by atoms with van der Waals surface area (Å²) in [4.78, 5) is 14.3. The second-order valence-electron chi connectivity index (χ2n) is 2.58. The van der Waals surface area contributed by atoms with Gasteiger partial charge in [-0.25, -0.2) is 9.67 Å². The molecule has 6 nitrogen and oxygen atoms in total. The molecule has 0 amide bonds. The minimum absolute atomic E-state index is 0.0707. The van der Waals surface area contributed by atoms with Crippen LogP contribution in [0.4, 0.5) is 19.1 Å². The summed E-state index contributed by atoms with van der Waals surface area (Å²) in [6.07, 6.45) is -3.42. The number of aromatic nitrogens is 3. The van der Waals surface area contributed by atoms with Crippen LogP contribution < -0.4 is 5.73 Å². The van der Waals surface area contributed by atoms with E-state index >= 15 is 0 Å². The molecule has 0 spiro atoms. The molecule has 0 saturated carbocycles. The summed E-state index contributed by atoms with van der Waals surface area (Å²) in [6, 6.07) is 0. The first-order chi connectivity index (χ1) is 6.87. The van der Waals surface area contributed by atoms with Crippen molar-refractivity contribution in [2.45, 2.75) is 12.7 Å². The average molecular weight is 224 g/mol. The highest BCUT2D eigenvalue weighted by Crippen LogP contribution is 2.14. The molecule has 0 bridgehead atoms. The van der Waals surface area contributed by atoms with Gasteiger partial charge in [-0.05, 0) is 0 Å². The van der Waals surface area contributed by atoms with Gasteiger partial charge in [0.1, 0.15) is 12.9 Å². The number of halogens is 3. The Morgan fingerprint density at radius 2 is 2.27 bits per heavy atom. The molecule has 1 heterocycles. The molecule has 15 heavy (non-hydrogen) atoms. The third-order valence-electron chi connectivity index (χ3n) is 1.24. The van der Waals surface area contributed by atoms with Gasteiger partial charge in [-0.15, -0.1) is 5.10 Å². The molecular weight excluding hydrogens is 217 g/mol. The molecule has 0 aliphatic rings. The Hall–Kier alpha value is -1.80. The zero-order chi connectivity index (χ0) is 11.5. The predicted molar refractivity (Wildman–Crippen MR) is 41.4 cm³/mol. The zero-order valence-electron chi connectivity index (χ0n) is 7.36. The van der Waals surface area contributed by atoms with E-state index < -0.39 is 25.3 Å².